The third kappa shape index (κ3) is 3.57. The van der Waals surface area contributed by atoms with E-state index in [9.17, 15) is 13.2 Å². The van der Waals surface area contributed by atoms with Gasteiger partial charge in [-0.05, 0) is 50.6 Å². The number of hydrogen-bond acceptors (Lipinski definition) is 5. The van der Waals surface area contributed by atoms with Crippen LogP contribution in [-0.2, 0) is 9.84 Å². The molecule has 7 heteroatoms. The van der Waals surface area contributed by atoms with Crippen LogP contribution in [0.2, 0.25) is 0 Å². The largest absolute Gasteiger partial charge is 0.496 e. The maximum Gasteiger partial charge on any atom is 0.251 e. The van der Waals surface area contributed by atoms with Gasteiger partial charge in [-0.25, -0.2) is 8.42 Å². The van der Waals surface area contributed by atoms with E-state index in [4.69, 9.17) is 4.74 Å². The van der Waals surface area contributed by atoms with E-state index in [1.54, 1.807) is 19.2 Å². The van der Waals surface area contributed by atoms with Gasteiger partial charge in [-0.3, -0.25) is 9.69 Å². The molecule has 3 rings (SSSR count). The first-order chi connectivity index (χ1) is 11.4. The second kappa shape index (κ2) is 6.72. The van der Waals surface area contributed by atoms with E-state index >= 15 is 0 Å². The van der Waals surface area contributed by atoms with Gasteiger partial charge in [-0.2, -0.15) is 0 Å². The second-order valence-electron chi connectivity index (χ2n) is 6.65. The third-order valence-corrected chi connectivity index (χ3v) is 6.64. The molecule has 1 amide bonds. The van der Waals surface area contributed by atoms with Crippen molar-refractivity contribution in [3.8, 4) is 5.75 Å². The number of likely N-dealkylation sites (tertiary alicyclic amines) is 1. The van der Waals surface area contributed by atoms with Gasteiger partial charge in [-0.1, -0.05) is 6.07 Å². The van der Waals surface area contributed by atoms with Crippen LogP contribution in [0.15, 0.2) is 18.2 Å². The summed E-state index contributed by atoms with van der Waals surface area (Å²) in [7, 11) is -1.54. The Morgan fingerprint density at radius 3 is 2.62 bits per heavy atom. The van der Waals surface area contributed by atoms with E-state index in [0.29, 0.717) is 11.3 Å². The highest BCUT2D eigenvalue weighted by Gasteiger charge is 2.42. The SMILES string of the molecule is COc1cc(C(=O)N[C@@H]2CS(=O)(=O)C[C@@H]2N2CCCC2)ccc1C. The van der Waals surface area contributed by atoms with Crippen LogP contribution >= 0.6 is 0 Å². The number of rotatable bonds is 4. The summed E-state index contributed by atoms with van der Waals surface area (Å²) in [5, 5.41) is 2.93. The molecule has 2 atom stereocenters. The number of hydrogen-bond donors (Lipinski definition) is 1. The molecule has 0 aromatic heterocycles. The van der Waals surface area contributed by atoms with Crippen molar-refractivity contribution in [1.29, 1.82) is 0 Å². The minimum atomic E-state index is -3.11. The zero-order chi connectivity index (χ0) is 17.3. The molecule has 2 heterocycles. The molecule has 0 radical (unpaired) electrons. The standard InChI is InChI=1S/C17H24N2O4S/c1-12-5-6-13(9-16(12)23-2)17(20)18-14-10-24(21,22)11-15(14)19-7-3-4-8-19/h5-6,9,14-15H,3-4,7-8,10-11H2,1-2H3,(H,18,20)/t14-,15+/m1/s1. The molecule has 2 saturated heterocycles. The maximum absolute atomic E-state index is 12.6. The zero-order valence-electron chi connectivity index (χ0n) is 14.1. The smallest absolute Gasteiger partial charge is 0.251 e. The van der Waals surface area contributed by atoms with Crippen molar-refractivity contribution in [2.45, 2.75) is 31.8 Å². The average molecular weight is 352 g/mol. The third-order valence-electron chi connectivity index (χ3n) is 4.92. The molecular weight excluding hydrogens is 328 g/mol. The quantitative estimate of drug-likeness (QED) is 0.875. The Labute approximate surface area is 143 Å². The van der Waals surface area contributed by atoms with Crippen molar-refractivity contribution in [2.24, 2.45) is 0 Å². The molecule has 0 spiro atoms. The molecule has 24 heavy (non-hydrogen) atoms. The lowest BCUT2D eigenvalue weighted by molar-refractivity contribution is 0.0918. The van der Waals surface area contributed by atoms with Crippen molar-refractivity contribution in [3.63, 3.8) is 0 Å². The van der Waals surface area contributed by atoms with Crippen LogP contribution in [0.4, 0.5) is 0 Å². The van der Waals surface area contributed by atoms with E-state index in [0.717, 1.165) is 31.5 Å². The van der Waals surface area contributed by atoms with Gasteiger partial charge in [0.15, 0.2) is 9.84 Å². The first kappa shape index (κ1) is 17.2. The number of carbonyl (C=O) groups excluding carboxylic acids is 1. The normalized spacial score (nSPS) is 26.4. The fraction of sp³-hybridized carbons (Fsp3) is 0.588. The van der Waals surface area contributed by atoms with Crippen molar-refractivity contribution in [3.05, 3.63) is 29.3 Å². The maximum atomic E-state index is 12.6. The van der Waals surface area contributed by atoms with Crippen molar-refractivity contribution in [1.82, 2.24) is 10.2 Å². The molecular formula is C17H24N2O4S. The van der Waals surface area contributed by atoms with E-state index < -0.39 is 9.84 Å². The van der Waals surface area contributed by atoms with Gasteiger partial charge in [0.05, 0.1) is 24.7 Å². The molecule has 0 unspecified atom stereocenters. The van der Waals surface area contributed by atoms with E-state index in [-0.39, 0.29) is 29.5 Å². The Kier molecular flexibility index (Phi) is 4.83. The topological polar surface area (TPSA) is 75.7 Å². The molecule has 2 fully saturated rings. The first-order valence-corrected chi connectivity index (χ1v) is 10.1. The molecule has 0 bridgehead atoms. The van der Waals surface area contributed by atoms with Gasteiger partial charge in [0.25, 0.3) is 5.91 Å². The minimum Gasteiger partial charge on any atom is -0.496 e. The highest BCUT2D eigenvalue weighted by molar-refractivity contribution is 7.91. The van der Waals surface area contributed by atoms with E-state index in [2.05, 4.69) is 10.2 Å². The Bertz CT molecular complexity index is 726. The summed E-state index contributed by atoms with van der Waals surface area (Å²) in [6.45, 7) is 3.73. The van der Waals surface area contributed by atoms with Crippen LogP contribution in [0.3, 0.4) is 0 Å². The summed E-state index contributed by atoms with van der Waals surface area (Å²) in [6, 6.07) is 4.79. The molecule has 6 nitrogen and oxygen atoms in total. The van der Waals surface area contributed by atoms with Crippen molar-refractivity contribution in [2.75, 3.05) is 31.7 Å². The van der Waals surface area contributed by atoms with Crippen LogP contribution in [0.5, 0.6) is 5.75 Å². The summed E-state index contributed by atoms with van der Waals surface area (Å²) in [4.78, 5) is 14.8. The number of carbonyl (C=O) groups is 1. The first-order valence-electron chi connectivity index (χ1n) is 8.29. The van der Waals surface area contributed by atoms with Gasteiger partial charge < -0.3 is 10.1 Å². The lowest BCUT2D eigenvalue weighted by Gasteiger charge is -2.28. The Morgan fingerprint density at radius 2 is 1.96 bits per heavy atom. The molecule has 0 aliphatic carbocycles. The highest BCUT2D eigenvalue weighted by Crippen LogP contribution is 2.24. The zero-order valence-corrected chi connectivity index (χ0v) is 14.9. The number of methoxy groups -OCH3 is 1. The van der Waals surface area contributed by atoms with Crippen LogP contribution in [-0.4, -0.2) is 63.0 Å². The molecule has 1 N–H and O–H groups in total. The second-order valence-corrected chi connectivity index (χ2v) is 8.81. The number of aryl methyl sites for hydroxylation is 1. The lowest BCUT2D eigenvalue weighted by Crippen LogP contribution is -2.50. The average Bonchev–Trinajstić information content (AvgIpc) is 3.15. The number of ether oxygens (including phenoxy) is 1. The van der Waals surface area contributed by atoms with Crippen molar-refractivity contribution >= 4 is 15.7 Å². The molecule has 2 aliphatic heterocycles. The predicted molar refractivity (Wildman–Crippen MR) is 92.2 cm³/mol. The molecule has 2 aliphatic rings. The fourth-order valence-electron chi connectivity index (χ4n) is 3.61. The van der Waals surface area contributed by atoms with Crippen LogP contribution < -0.4 is 10.1 Å². The Balaban J connectivity index is 1.76. The van der Waals surface area contributed by atoms with Crippen LogP contribution in [0.25, 0.3) is 0 Å². The van der Waals surface area contributed by atoms with Crippen LogP contribution in [0.1, 0.15) is 28.8 Å². The summed E-state index contributed by atoms with van der Waals surface area (Å²) in [6.07, 6.45) is 2.18. The summed E-state index contributed by atoms with van der Waals surface area (Å²) in [5.74, 6) is 0.551. The summed E-state index contributed by atoms with van der Waals surface area (Å²) < 4.78 is 29.4. The molecule has 1 aromatic rings. The Morgan fingerprint density at radius 1 is 1.25 bits per heavy atom. The monoisotopic (exact) mass is 352 g/mol. The van der Waals surface area contributed by atoms with Gasteiger partial charge in [0, 0.05) is 11.6 Å². The number of nitrogens with zero attached hydrogens (tertiary/aromatic N) is 1. The Hall–Kier alpha value is -1.60. The minimum absolute atomic E-state index is 0.0168. The molecule has 0 saturated carbocycles. The van der Waals surface area contributed by atoms with E-state index in [1.807, 2.05) is 13.0 Å². The number of sulfone groups is 1. The van der Waals surface area contributed by atoms with Gasteiger partial charge in [0.1, 0.15) is 5.75 Å². The lowest BCUT2D eigenvalue weighted by atomic mass is 10.1. The number of benzene rings is 1. The highest BCUT2D eigenvalue weighted by atomic mass is 32.2. The van der Waals surface area contributed by atoms with E-state index in [1.165, 1.54) is 0 Å². The van der Waals surface area contributed by atoms with Gasteiger partial charge >= 0.3 is 0 Å². The van der Waals surface area contributed by atoms with Gasteiger partial charge in [0.2, 0.25) is 0 Å². The van der Waals surface area contributed by atoms with Gasteiger partial charge in [-0.15, -0.1) is 0 Å². The molecule has 1 aromatic carbocycles. The summed E-state index contributed by atoms with van der Waals surface area (Å²) >= 11 is 0. The predicted octanol–water partition coefficient (Wildman–Crippen LogP) is 0.995. The molecule has 132 valence electrons. The fourth-order valence-corrected chi connectivity index (χ4v) is 5.57. The summed E-state index contributed by atoms with van der Waals surface area (Å²) in [5.41, 5.74) is 1.44. The van der Waals surface area contributed by atoms with Crippen molar-refractivity contribution < 1.29 is 17.9 Å². The number of amides is 1. The number of nitrogens with one attached hydrogen (secondary N) is 1. The van der Waals surface area contributed by atoms with Crippen LogP contribution in [0, 0.1) is 6.92 Å².